The number of hydrogen-bond acceptors (Lipinski definition) is 3. The minimum absolute atomic E-state index is 0.277. The van der Waals surface area contributed by atoms with Crippen LogP contribution in [0.15, 0.2) is 67.0 Å². The molecule has 120 valence electrons. The molecule has 2 N–H and O–H groups in total. The minimum atomic E-state index is -0.496. The second-order valence-corrected chi connectivity index (χ2v) is 5.30. The molecule has 24 heavy (non-hydrogen) atoms. The highest BCUT2D eigenvalue weighted by molar-refractivity contribution is 6.33. The number of carbonyl (C=O) groups is 2. The molecule has 7 heteroatoms. The van der Waals surface area contributed by atoms with Gasteiger partial charge >= 0.3 is 0 Å². The fourth-order valence-corrected chi connectivity index (χ4v) is 2.28. The predicted octanol–water partition coefficient (Wildman–Crippen LogP) is 2.60. The average molecular weight is 341 g/mol. The highest BCUT2D eigenvalue weighted by Crippen LogP contribution is 2.14. The fraction of sp³-hybridized carbons (Fsp3) is 0. The molecule has 0 atom stereocenters. The molecule has 0 aliphatic rings. The molecular weight excluding hydrogens is 328 g/mol. The summed E-state index contributed by atoms with van der Waals surface area (Å²) in [7, 11) is 0. The third-order valence-electron chi connectivity index (χ3n) is 3.27. The first-order chi connectivity index (χ1) is 11.6. The van der Waals surface area contributed by atoms with Crippen molar-refractivity contribution >= 4 is 23.4 Å². The van der Waals surface area contributed by atoms with Crippen molar-refractivity contribution in [1.29, 1.82) is 0 Å². The van der Waals surface area contributed by atoms with E-state index < -0.39 is 11.8 Å². The summed E-state index contributed by atoms with van der Waals surface area (Å²) < 4.78 is 1.57. The van der Waals surface area contributed by atoms with Gasteiger partial charge in [-0.1, -0.05) is 41.9 Å². The van der Waals surface area contributed by atoms with Gasteiger partial charge in [0, 0.05) is 6.20 Å². The van der Waals surface area contributed by atoms with Crippen LogP contribution in [0.3, 0.4) is 0 Å². The van der Waals surface area contributed by atoms with Crippen molar-refractivity contribution in [2.75, 3.05) is 0 Å². The number of nitrogens with zero attached hydrogens (tertiary/aromatic N) is 2. The van der Waals surface area contributed by atoms with Crippen molar-refractivity contribution in [2.45, 2.75) is 0 Å². The van der Waals surface area contributed by atoms with Crippen molar-refractivity contribution in [2.24, 2.45) is 0 Å². The predicted molar refractivity (Wildman–Crippen MR) is 89.9 cm³/mol. The molecule has 0 spiro atoms. The van der Waals surface area contributed by atoms with Crippen LogP contribution < -0.4 is 10.9 Å². The Morgan fingerprint density at radius 3 is 2.33 bits per heavy atom. The third kappa shape index (κ3) is 3.44. The van der Waals surface area contributed by atoms with Crippen LogP contribution in [0, 0.1) is 0 Å². The number of para-hydroxylation sites is 1. The molecule has 0 bridgehead atoms. The van der Waals surface area contributed by atoms with E-state index in [1.54, 1.807) is 35.1 Å². The van der Waals surface area contributed by atoms with Gasteiger partial charge in [0.05, 0.1) is 28.0 Å². The molecule has 6 nitrogen and oxygen atoms in total. The summed E-state index contributed by atoms with van der Waals surface area (Å²) in [5.74, 6) is -0.970. The summed E-state index contributed by atoms with van der Waals surface area (Å²) in [4.78, 5) is 24.1. The van der Waals surface area contributed by atoms with Crippen molar-refractivity contribution in [3.05, 3.63) is 83.1 Å². The van der Waals surface area contributed by atoms with E-state index in [-0.39, 0.29) is 5.56 Å². The van der Waals surface area contributed by atoms with E-state index in [0.717, 1.165) is 5.69 Å². The van der Waals surface area contributed by atoms with E-state index in [1.807, 2.05) is 30.3 Å². The summed E-state index contributed by atoms with van der Waals surface area (Å²) >= 11 is 5.94. The second kappa shape index (κ2) is 6.97. The Morgan fingerprint density at radius 2 is 1.58 bits per heavy atom. The molecule has 0 fully saturated rings. The monoisotopic (exact) mass is 340 g/mol. The largest absolute Gasteiger partial charge is 0.272 e. The van der Waals surface area contributed by atoms with Crippen LogP contribution in [-0.4, -0.2) is 21.6 Å². The quantitative estimate of drug-likeness (QED) is 0.719. The lowest BCUT2D eigenvalue weighted by Gasteiger charge is -2.07. The van der Waals surface area contributed by atoms with Gasteiger partial charge in [0.1, 0.15) is 0 Å². The maximum atomic E-state index is 12.1. The van der Waals surface area contributed by atoms with Gasteiger partial charge in [-0.15, -0.1) is 0 Å². The Morgan fingerprint density at radius 1 is 0.917 bits per heavy atom. The van der Waals surface area contributed by atoms with Gasteiger partial charge in [-0.25, -0.2) is 4.68 Å². The van der Waals surface area contributed by atoms with Crippen LogP contribution in [0.5, 0.6) is 0 Å². The van der Waals surface area contributed by atoms with Crippen LogP contribution in [0.1, 0.15) is 20.7 Å². The molecule has 2 amide bonds. The molecule has 2 aromatic carbocycles. The minimum Gasteiger partial charge on any atom is -0.267 e. The Bertz CT molecular complexity index is 877. The van der Waals surface area contributed by atoms with E-state index in [2.05, 4.69) is 16.0 Å². The number of carbonyl (C=O) groups excluding carboxylic acids is 2. The number of halogens is 1. The van der Waals surface area contributed by atoms with E-state index in [4.69, 9.17) is 11.6 Å². The zero-order chi connectivity index (χ0) is 16.9. The normalized spacial score (nSPS) is 10.2. The zero-order valence-corrected chi connectivity index (χ0v) is 13.2. The van der Waals surface area contributed by atoms with Gasteiger partial charge in [0.15, 0.2) is 0 Å². The van der Waals surface area contributed by atoms with Gasteiger partial charge in [0.2, 0.25) is 0 Å². The van der Waals surface area contributed by atoms with Gasteiger partial charge in [-0.2, -0.15) is 5.10 Å². The van der Waals surface area contributed by atoms with Crippen LogP contribution >= 0.6 is 11.6 Å². The smallest absolute Gasteiger partial charge is 0.267 e. The van der Waals surface area contributed by atoms with Gasteiger partial charge in [-0.3, -0.25) is 20.4 Å². The molecule has 0 radical (unpaired) electrons. The molecule has 0 saturated heterocycles. The standard InChI is InChI=1S/C17H13ClN4O2/c18-15-9-5-4-8-14(15)17(24)21-20-16(23)12-10-19-22(11-12)13-6-2-1-3-7-13/h1-11H,(H,20,23)(H,21,24). The SMILES string of the molecule is O=C(NNC(=O)c1ccccc1Cl)c1cnn(-c2ccccc2)c1. The summed E-state index contributed by atoms with van der Waals surface area (Å²) in [6, 6.07) is 16.0. The number of hydrazine groups is 1. The Labute approximate surface area is 143 Å². The average Bonchev–Trinajstić information content (AvgIpc) is 3.11. The summed E-state index contributed by atoms with van der Waals surface area (Å²) in [6.07, 6.45) is 3.00. The van der Waals surface area contributed by atoms with Crippen molar-refractivity contribution < 1.29 is 9.59 Å². The lowest BCUT2D eigenvalue weighted by atomic mass is 10.2. The lowest BCUT2D eigenvalue weighted by molar-refractivity contribution is 0.0846. The first-order valence-corrected chi connectivity index (χ1v) is 7.48. The van der Waals surface area contributed by atoms with Gasteiger partial charge in [0.25, 0.3) is 11.8 Å². The third-order valence-corrected chi connectivity index (χ3v) is 3.60. The number of hydrogen-bond donors (Lipinski definition) is 2. The Balaban J connectivity index is 1.65. The number of benzene rings is 2. The topological polar surface area (TPSA) is 76.0 Å². The van der Waals surface area contributed by atoms with Crippen molar-refractivity contribution in [3.8, 4) is 5.69 Å². The van der Waals surface area contributed by atoms with Crippen molar-refractivity contribution in [1.82, 2.24) is 20.6 Å². The van der Waals surface area contributed by atoms with Crippen LogP contribution in [-0.2, 0) is 0 Å². The molecule has 0 saturated carbocycles. The number of rotatable bonds is 3. The molecule has 0 aliphatic heterocycles. The van der Waals surface area contributed by atoms with E-state index in [9.17, 15) is 9.59 Å². The Kier molecular flexibility index (Phi) is 4.58. The van der Waals surface area contributed by atoms with E-state index in [1.165, 1.54) is 6.20 Å². The highest BCUT2D eigenvalue weighted by atomic mass is 35.5. The van der Waals surface area contributed by atoms with Crippen LogP contribution in [0.2, 0.25) is 5.02 Å². The van der Waals surface area contributed by atoms with Gasteiger partial charge < -0.3 is 0 Å². The van der Waals surface area contributed by atoms with Crippen LogP contribution in [0.4, 0.5) is 0 Å². The summed E-state index contributed by atoms with van der Waals surface area (Å²) in [6.45, 7) is 0. The fourth-order valence-electron chi connectivity index (χ4n) is 2.06. The second-order valence-electron chi connectivity index (χ2n) is 4.90. The molecule has 3 aromatic rings. The number of amides is 2. The Hall–Kier alpha value is -3.12. The molecular formula is C17H13ClN4O2. The zero-order valence-electron chi connectivity index (χ0n) is 12.4. The summed E-state index contributed by atoms with van der Waals surface area (Å²) in [5.41, 5.74) is 6.09. The summed E-state index contributed by atoms with van der Waals surface area (Å²) in [5, 5.41) is 4.44. The van der Waals surface area contributed by atoms with Gasteiger partial charge in [-0.05, 0) is 24.3 Å². The van der Waals surface area contributed by atoms with E-state index in [0.29, 0.717) is 10.6 Å². The first kappa shape index (κ1) is 15.8. The maximum Gasteiger partial charge on any atom is 0.272 e. The number of aromatic nitrogens is 2. The molecule has 1 heterocycles. The number of nitrogens with one attached hydrogen (secondary N) is 2. The molecule has 0 unspecified atom stereocenters. The van der Waals surface area contributed by atoms with Crippen LogP contribution in [0.25, 0.3) is 5.69 Å². The molecule has 3 rings (SSSR count). The maximum absolute atomic E-state index is 12.1. The molecule has 0 aliphatic carbocycles. The lowest BCUT2D eigenvalue weighted by Crippen LogP contribution is -2.41. The highest BCUT2D eigenvalue weighted by Gasteiger charge is 2.13. The van der Waals surface area contributed by atoms with E-state index >= 15 is 0 Å². The van der Waals surface area contributed by atoms with Crippen molar-refractivity contribution in [3.63, 3.8) is 0 Å². The first-order valence-electron chi connectivity index (χ1n) is 7.10. The molecule has 1 aromatic heterocycles.